The Morgan fingerprint density at radius 2 is 2.26 bits per heavy atom. The Morgan fingerprint density at radius 3 is 3.07 bits per heavy atom. The number of methoxy groups -OCH3 is 1. The molecule has 27 heavy (non-hydrogen) atoms. The van der Waals surface area contributed by atoms with E-state index in [4.69, 9.17) is 4.74 Å². The van der Waals surface area contributed by atoms with E-state index < -0.39 is 0 Å². The van der Waals surface area contributed by atoms with Crippen LogP contribution in [0.25, 0.3) is 10.7 Å². The van der Waals surface area contributed by atoms with Crippen molar-refractivity contribution in [1.82, 2.24) is 25.1 Å². The first-order chi connectivity index (χ1) is 13.2. The number of tetrazole rings is 1. The van der Waals surface area contributed by atoms with E-state index in [0.717, 1.165) is 35.6 Å². The lowest BCUT2D eigenvalue weighted by atomic mass is 10.1. The molecular formula is C19H21N5O2S. The van der Waals surface area contributed by atoms with Crippen molar-refractivity contribution in [3.05, 3.63) is 47.3 Å². The zero-order valence-corrected chi connectivity index (χ0v) is 15.9. The van der Waals surface area contributed by atoms with E-state index in [-0.39, 0.29) is 11.9 Å². The minimum Gasteiger partial charge on any atom is -0.497 e. The predicted octanol–water partition coefficient (Wildman–Crippen LogP) is 2.64. The van der Waals surface area contributed by atoms with Crippen LogP contribution in [0.5, 0.6) is 5.75 Å². The van der Waals surface area contributed by atoms with Gasteiger partial charge in [-0.15, -0.1) is 21.5 Å². The van der Waals surface area contributed by atoms with Gasteiger partial charge in [0.05, 0.1) is 31.0 Å². The summed E-state index contributed by atoms with van der Waals surface area (Å²) in [5.74, 6) is 1.53. The third-order valence-electron chi connectivity index (χ3n) is 4.76. The van der Waals surface area contributed by atoms with Crippen molar-refractivity contribution >= 4 is 17.2 Å². The molecule has 8 heteroatoms. The van der Waals surface area contributed by atoms with Gasteiger partial charge in [-0.2, -0.15) is 4.80 Å². The fraction of sp³-hybridized carbons (Fsp3) is 0.368. The molecule has 0 N–H and O–H groups in total. The van der Waals surface area contributed by atoms with Crippen molar-refractivity contribution < 1.29 is 9.53 Å². The van der Waals surface area contributed by atoms with Crippen LogP contribution in [0.2, 0.25) is 0 Å². The Kier molecular flexibility index (Phi) is 5.15. The molecule has 0 radical (unpaired) electrons. The Labute approximate surface area is 161 Å². The van der Waals surface area contributed by atoms with Gasteiger partial charge in [0, 0.05) is 6.54 Å². The quantitative estimate of drug-likeness (QED) is 0.654. The summed E-state index contributed by atoms with van der Waals surface area (Å²) in [6.07, 6.45) is 2.33. The van der Waals surface area contributed by atoms with Gasteiger partial charge in [0.2, 0.25) is 11.7 Å². The van der Waals surface area contributed by atoms with E-state index in [9.17, 15) is 4.79 Å². The first-order valence-corrected chi connectivity index (χ1v) is 9.85. The monoisotopic (exact) mass is 383 g/mol. The van der Waals surface area contributed by atoms with Crippen LogP contribution in [0.15, 0.2) is 41.8 Å². The number of hydrogen-bond acceptors (Lipinski definition) is 6. The number of nitrogens with zero attached hydrogens (tertiary/aromatic N) is 5. The molecule has 1 aliphatic heterocycles. The average Bonchev–Trinajstić information content (AvgIpc) is 3.43. The molecule has 3 heterocycles. The van der Waals surface area contributed by atoms with E-state index in [1.165, 1.54) is 0 Å². The number of benzene rings is 1. The summed E-state index contributed by atoms with van der Waals surface area (Å²) in [6.45, 7) is 1.35. The number of thiophene rings is 1. The number of likely N-dealkylation sites (tertiary alicyclic amines) is 1. The molecular weight excluding hydrogens is 362 g/mol. The maximum absolute atomic E-state index is 12.8. The van der Waals surface area contributed by atoms with Crippen molar-refractivity contribution in [3.63, 3.8) is 0 Å². The smallest absolute Gasteiger partial charge is 0.227 e. The Hall–Kier alpha value is -2.74. The second kappa shape index (κ2) is 7.87. The number of carbonyl (C=O) groups excluding carboxylic acids is 1. The molecule has 3 aromatic rings. The van der Waals surface area contributed by atoms with E-state index in [1.54, 1.807) is 23.2 Å². The first kappa shape index (κ1) is 17.7. The van der Waals surface area contributed by atoms with Crippen LogP contribution < -0.4 is 4.74 Å². The molecule has 0 spiro atoms. The van der Waals surface area contributed by atoms with Crippen LogP contribution in [0.4, 0.5) is 0 Å². The molecule has 140 valence electrons. The Morgan fingerprint density at radius 1 is 1.33 bits per heavy atom. The van der Waals surface area contributed by atoms with Gasteiger partial charge in [-0.05, 0) is 47.2 Å². The molecule has 0 bridgehead atoms. The van der Waals surface area contributed by atoms with Crippen molar-refractivity contribution in [1.29, 1.82) is 0 Å². The standard InChI is InChI=1S/C19H21N5O2S/c1-26-16-7-2-5-14(11-16)12-18(25)23-9-3-6-15(23)13-24-21-19(20-22-24)17-8-4-10-27-17/h2,4-5,7-8,10-11,15H,3,6,9,12-13H2,1H3/t15-/m0/s1. The minimum absolute atomic E-state index is 0.105. The number of carbonyl (C=O) groups is 1. The highest BCUT2D eigenvalue weighted by Crippen LogP contribution is 2.22. The summed E-state index contributed by atoms with van der Waals surface area (Å²) in [5, 5.41) is 14.8. The van der Waals surface area contributed by atoms with Gasteiger partial charge in [-0.1, -0.05) is 18.2 Å². The van der Waals surface area contributed by atoms with Crippen LogP contribution in [-0.2, 0) is 17.8 Å². The molecule has 1 saturated heterocycles. The molecule has 0 unspecified atom stereocenters. The number of hydrogen-bond donors (Lipinski definition) is 0. The molecule has 2 aromatic heterocycles. The largest absolute Gasteiger partial charge is 0.497 e. The molecule has 1 fully saturated rings. The summed E-state index contributed by atoms with van der Waals surface area (Å²) in [7, 11) is 1.63. The van der Waals surface area contributed by atoms with Crippen LogP contribution in [-0.4, -0.2) is 50.7 Å². The number of rotatable bonds is 6. The van der Waals surface area contributed by atoms with Gasteiger partial charge >= 0.3 is 0 Å². The van der Waals surface area contributed by atoms with E-state index >= 15 is 0 Å². The molecule has 1 amide bonds. The molecule has 7 nitrogen and oxygen atoms in total. The molecule has 1 aliphatic rings. The second-order valence-corrected chi connectivity index (χ2v) is 7.50. The molecule has 1 atom stereocenters. The first-order valence-electron chi connectivity index (χ1n) is 8.97. The lowest BCUT2D eigenvalue weighted by Crippen LogP contribution is -2.39. The maximum Gasteiger partial charge on any atom is 0.227 e. The van der Waals surface area contributed by atoms with Gasteiger partial charge in [0.1, 0.15) is 5.75 Å². The van der Waals surface area contributed by atoms with Gasteiger partial charge < -0.3 is 9.64 Å². The number of ether oxygens (including phenoxy) is 1. The van der Waals surface area contributed by atoms with E-state index in [1.807, 2.05) is 46.7 Å². The highest BCUT2D eigenvalue weighted by molar-refractivity contribution is 7.13. The van der Waals surface area contributed by atoms with Crippen LogP contribution in [0, 0.1) is 0 Å². The zero-order valence-electron chi connectivity index (χ0n) is 15.1. The second-order valence-electron chi connectivity index (χ2n) is 6.56. The van der Waals surface area contributed by atoms with Crippen LogP contribution >= 0.6 is 11.3 Å². The Bertz CT molecular complexity index is 908. The third-order valence-corrected chi connectivity index (χ3v) is 5.62. The summed E-state index contributed by atoms with van der Waals surface area (Å²) >= 11 is 1.59. The molecule has 0 aliphatic carbocycles. The lowest BCUT2D eigenvalue weighted by molar-refractivity contribution is -0.131. The van der Waals surface area contributed by atoms with Gasteiger partial charge in [-0.3, -0.25) is 4.79 Å². The van der Waals surface area contributed by atoms with Gasteiger partial charge in [0.15, 0.2) is 0 Å². The summed E-state index contributed by atoms with van der Waals surface area (Å²) in [4.78, 5) is 17.4. The zero-order chi connectivity index (χ0) is 18.6. The highest BCUT2D eigenvalue weighted by Gasteiger charge is 2.29. The van der Waals surface area contributed by atoms with Crippen molar-refractivity contribution in [2.24, 2.45) is 0 Å². The molecule has 1 aromatic carbocycles. The fourth-order valence-corrected chi connectivity index (χ4v) is 4.07. The van der Waals surface area contributed by atoms with Crippen LogP contribution in [0.1, 0.15) is 18.4 Å². The molecule has 4 rings (SSSR count). The minimum atomic E-state index is 0.105. The van der Waals surface area contributed by atoms with Crippen molar-refractivity contribution in [2.45, 2.75) is 31.8 Å². The number of amides is 1. The molecule has 0 saturated carbocycles. The fourth-order valence-electron chi connectivity index (χ4n) is 3.43. The van der Waals surface area contributed by atoms with Crippen molar-refractivity contribution in [3.8, 4) is 16.5 Å². The van der Waals surface area contributed by atoms with Gasteiger partial charge in [0.25, 0.3) is 0 Å². The number of aromatic nitrogens is 4. The highest BCUT2D eigenvalue weighted by atomic mass is 32.1. The predicted molar refractivity (Wildman–Crippen MR) is 103 cm³/mol. The average molecular weight is 383 g/mol. The third kappa shape index (κ3) is 4.00. The van der Waals surface area contributed by atoms with E-state index in [0.29, 0.717) is 18.8 Å². The summed E-state index contributed by atoms with van der Waals surface area (Å²) < 4.78 is 5.24. The topological polar surface area (TPSA) is 73.1 Å². The van der Waals surface area contributed by atoms with E-state index in [2.05, 4.69) is 15.4 Å². The normalized spacial score (nSPS) is 16.6. The Balaban J connectivity index is 1.42. The maximum atomic E-state index is 12.8. The van der Waals surface area contributed by atoms with Crippen LogP contribution in [0.3, 0.4) is 0 Å². The summed E-state index contributed by atoms with van der Waals surface area (Å²) in [6, 6.07) is 11.7. The van der Waals surface area contributed by atoms with Crippen molar-refractivity contribution in [2.75, 3.05) is 13.7 Å². The summed E-state index contributed by atoms with van der Waals surface area (Å²) in [5.41, 5.74) is 0.962. The van der Waals surface area contributed by atoms with Gasteiger partial charge in [-0.25, -0.2) is 0 Å². The lowest BCUT2D eigenvalue weighted by Gasteiger charge is -2.24. The SMILES string of the molecule is COc1cccc(CC(=O)N2CCC[C@H]2Cn2nnc(-c3cccs3)n2)c1.